The lowest BCUT2D eigenvalue weighted by atomic mass is 10.1. The van der Waals surface area contributed by atoms with Gasteiger partial charge in [-0.05, 0) is 54.8 Å². The normalized spacial score (nSPS) is 12.4. The molecule has 3 heterocycles. The van der Waals surface area contributed by atoms with E-state index in [1.807, 2.05) is 6.92 Å². The molecule has 2 N–H and O–H groups in total. The average Bonchev–Trinajstić information content (AvgIpc) is 3.25. The fourth-order valence-electron chi connectivity index (χ4n) is 3.63. The van der Waals surface area contributed by atoms with Crippen LogP contribution in [0.15, 0.2) is 66.0 Å². The van der Waals surface area contributed by atoms with Gasteiger partial charge in [-0.25, -0.2) is 23.7 Å². The highest BCUT2D eigenvalue weighted by Crippen LogP contribution is 2.26. The summed E-state index contributed by atoms with van der Waals surface area (Å²) < 4.78 is 28.8. The Balaban J connectivity index is 1.70. The van der Waals surface area contributed by atoms with Gasteiger partial charge in [0.25, 0.3) is 5.56 Å². The van der Waals surface area contributed by atoms with Crippen LogP contribution in [0.25, 0.3) is 27.6 Å². The quantitative estimate of drug-likeness (QED) is 0.459. The Morgan fingerprint density at radius 3 is 2.58 bits per heavy atom. The molecule has 0 saturated heterocycles. The summed E-state index contributed by atoms with van der Waals surface area (Å²) >= 11 is 0. The Bertz CT molecular complexity index is 1480. The van der Waals surface area contributed by atoms with Crippen LogP contribution >= 0.6 is 0 Å². The van der Waals surface area contributed by atoms with E-state index in [1.165, 1.54) is 53.6 Å². The van der Waals surface area contributed by atoms with Gasteiger partial charge in [0.15, 0.2) is 11.5 Å². The third-order valence-corrected chi connectivity index (χ3v) is 5.11. The van der Waals surface area contributed by atoms with Crippen LogP contribution in [0, 0.1) is 11.6 Å². The van der Waals surface area contributed by atoms with E-state index in [0.717, 1.165) is 0 Å². The molecule has 0 aliphatic carbocycles. The third-order valence-electron chi connectivity index (χ3n) is 5.11. The monoisotopic (exact) mass is 418 g/mol. The Morgan fingerprint density at radius 2 is 1.77 bits per heavy atom. The predicted molar refractivity (Wildman–Crippen MR) is 113 cm³/mol. The van der Waals surface area contributed by atoms with Crippen LogP contribution in [0.5, 0.6) is 0 Å². The van der Waals surface area contributed by atoms with Crippen LogP contribution in [-0.2, 0) is 0 Å². The van der Waals surface area contributed by atoms with Gasteiger partial charge in [0, 0.05) is 11.4 Å². The van der Waals surface area contributed by atoms with E-state index < -0.39 is 23.2 Å². The van der Waals surface area contributed by atoms with E-state index in [9.17, 15) is 13.6 Å². The second-order valence-electron chi connectivity index (χ2n) is 7.11. The number of imidazole rings is 1. The van der Waals surface area contributed by atoms with Gasteiger partial charge in [0.05, 0.1) is 17.8 Å². The molecule has 5 aromatic rings. The fourth-order valence-corrected chi connectivity index (χ4v) is 3.63. The molecule has 0 amide bonds. The number of pyridine rings is 1. The summed E-state index contributed by atoms with van der Waals surface area (Å²) in [6.45, 7) is 1.87. The van der Waals surface area contributed by atoms with Crippen molar-refractivity contribution in [3.63, 3.8) is 0 Å². The zero-order valence-corrected chi connectivity index (χ0v) is 16.3. The summed E-state index contributed by atoms with van der Waals surface area (Å²) in [6.07, 6.45) is 2.93. The van der Waals surface area contributed by atoms with Crippen molar-refractivity contribution in [1.82, 2.24) is 24.5 Å². The first-order chi connectivity index (χ1) is 15.0. The summed E-state index contributed by atoms with van der Waals surface area (Å²) in [4.78, 5) is 28.9. The van der Waals surface area contributed by atoms with Gasteiger partial charge in [0.1, 0.15) is 23.5 Å². The SMILES string of the molecule is CC(Nc1ncnc2[nH]cnc12)c1cc2ccc(F)cc2c(=O)n1-c1ccc(F)cc1. The van der Waals surface area contributed by atoms with Crippen molar-refractivity contribution >= 4 is 27.8 Å². The first-order valence-corrected chi connectivity index (χ1v) is 9.53. The van der Waals surface area contributed by atoms with E-state index in [2.05, 4.69) is 25.3 Å². The molecule has 9 heteroatoms. The van der Waals surface area contributed by atoms with E-state index in [0.29, 0.717) is 33.7 Å². The number of anilines is 1. The van der Waals surface area contributed by atoms with Crippen molar-refractivity contribution in [1.29, 1.82) is 0 Å². The Kier molecular flexibility index (Phi) is 4.43. The van der Waals surface area contributed by atoms with Gasteiger partial charge in [0.2, 0.25) is 0 Å². The van der Waals surface area contributed by atoms with Crippen LogP contribution in [0.1, 0.15) is 18.7 Å². The highest BCUT2D eigenvalue weighted by atomic mass is 19.1. The molecule has 1 atom stereocenters. The molecule has 1 unspecified atom stereocenters. The molecule has 0 radical (unpaired) electrons. The minimum Gasteiger partial charge on any atom is -0.360 e. The standard InChI is InChI=1S/C22H16F2N6O/c1-12(29-21-19-20(26-10-25-19)27-11-28-21)18-8-13-2-3-15(24)9-17(13)22(31)30(18)16-6-4-14(23)5-7-16/h2-12H,1H3,(H2,25,26,27,28,29). The highest BCUT2D eigenvalue weighted by Gasteiger charge is 2.18. The highest BCUT2D eigenvalue weighted by molar-refractivity contribution is 5.84. The van der Waals surface area contributed by atoms with Crippen LogP contribution in [-0.4, -0.2) is 24.5 Å². The smallest absolute Gasteiger partial charge is 0.263 e. The molecule has 0 aliphatic heterocycles. The number of rotatable bonds is 4. The molecule has 154 valence electrons. The molecule has 0 fully saturated rings. The Morgan fingerprint density at radius 1 is 1.00 bits per heavy atom. The average molecular weight is 418 g/mol. The minimum absolute atomic E-state index is 0.233. The van der Waals surface area contributed by atoms with Crippen molar-refractivity contribution in [2.24, 2.45) is 0 Å². The maximum atomic E-state index is 13.8. The summed E-state index contributed by atoms with van der Waals surface area (Å²) in [6, 6.07) is 11.0. The van der Waals surface area contributed by atoms with Crippen molar-refractivity contribution in [2.75, 3.05) is 5.32 Å². The molecular formula is C22H16F2N6O. The van der Waals surface area contributed by atoms with Crippen molar-refractivity contribution in [3.05, 3.63) is 88.9 Å². The molecule has 5 rings (SSSR count). The maximum absolute atomic E-state index is 13.8. The number of nitrogens with zero attached hydrogens (tertiary/aromatic N) is 4. The van der Waals surface area contributed by atoms with Crippen molar-refractivity contribution in [3.8, 4) is 5.69 Å². The number of benzene rings is 2. The molecule has 2 aromatic carbocycles. The molecule has 3 aromatic heterocycles. The summed E-state index contributed by atoms with van der Waals surface area (Å²) in [5.74, 6) is -0.426. The van der Waals surface area contributed by atoms with Crippen LogP contribution < -0.4 is 10.9 Å². The van der Waals surface area contributed by atoms with Crippen LogP contribution in [0.4, 0.5) is 14.6 Å². The molecule has 0 bridgehead atoms. The van der Waals surface area contributed by atoms with Crippen molar-refractivity contribution in [2.45, 2.75) is 13.0 Å². The zero-order chi connectivity index (χ0) is 21.5. The molecule has 0 aliphatic rings. The van der Waals surface area contributed by atoms with Crippen LogP contribution in [0.3, 0.4) is 0 Å². The van der Waals surface area contributed by atoms with E-state index in [1.54, 1.807) is 12.1 Å². The first-order valence-electron chi connectivity index (χ1n) is 9.53. The van der Waals surface area contributed by atoms with Crippen molar-refractivity contribution < 1.29 is 8.78 Å². The van der Waals surface area contributed by atoms with Gasteiger partial charge in [-0.2, -0.15) is 0 Å². The number of H-pyrrole nitrogens is 1. The van der Waals surface area contributed by atoms with E-state index >= 15 is 0 Å². The fraction of sp³-hybridized carbons (Fsp3) is 0.0909. The number of aromatic nitrogens is 5. The second-order valence-corrected chi connectivity index (χ2v) is 7.11. The topological polar surface area (TPSA) is 88.5 Å². The predicted octanol–water partition coefficient (Wildman–Crippen LogP) is 4.11. The van der Waals surface area contributed by atoms with E-state index in [-0.39, 0.29) is 5.39 Å². The number of fused-ring (bicyclic) bond motifs is 2. The number of hydrogen-bond donors (Lipinski definition) is 2. The lowest BCUT2D eigenvalue weighted by Crippen LogP contribution is -2.25. The summed E-state index contributed by atoms with van der Waals surface area (Å²) in [5.41, 5.74) is 1.80. The molecule has 0 spiro atoms. The Hall–Kier alpha value is -4.14. The summed E-state index contributed by atoms with van der Waals surface area (Å²) in [7, 11) is 0. The van der Waals surface area contributed by atoms with Crippen LogP contribution in [0.2, 0.25) is 0 Å². The lowest BCUT2D eigenvalue weighted by molar-refractivity contribution is 0.627. The minimum atomic E-state index is -0.504. The number of halogens is 2. The summed E-state index contributed by atoms with van der Waals surface area (Å²) in [5, 5.41) is 4.10. The zero-order valence-electron chi connectivity index (χ0n) is 16.3. The molecular weight excluding hydrogens is 402 g/mol. The molecule has 0 saturated carbocycles. The third kappa shape index (κ3) is 3.29. The number of nitrogens with one attached hydrogen (secondary N) is 2. The molecule has 7 nitrogen and oxygen atoms in total. The van der Waals surface area contributed by atoms with Gasteiger partial charge >= 0.3 is 0 Å². The largest absolute Gasteiger partial charge is 0.360 e. The maximum Gasteiger partial charge on any atom is 0.263 e. The van der Waals surface area contributed by atoms with Gasteiger partial charge < -0.3 is 10.3 Å². The second kappa shape index (κ2) is 7.28. The first kappa shape index (κ1) is 18.9. The number of hydrogen-bond acceptors (Lipinski definition) is 5. The lowest BCUT2D eigenvalue weighted by Gasteiger charge is -2.21. The van der Waals surface area contributed by atoms with Gasteiger partial charge in [-0.3, -0.25) is 9.36 Å². The number of aromatic amines is 1. The van der Waals surface area contributed by atoms with E-state index in [4.69, 9.17) is 0 Å². The Labute approximate surface area is 174 Å². The van der Waals surface area contributed by atoms with Gasteiger partial charge in [-0.15, -0.1) is 0 Å². The molecule has 31 heavy (non-hydrogen) atoms. The van der Waals surface area contributed by atoms with Gasteiger partial charge in [-0.1, -0.05) is 6.07 Å².